The van der Waals surface area contributed by atoms with E-state index < -0.39 is 21.7 Å². The number of allylic oxidation sites excluding steroid dienone is 1. The number of nitrogens with zero attached hydrogens (tertiary/aromatic N) is 2. The molecular weight excluding hydrogens is 505 g/mol. The maximum atomic E-state index is 13.1. The number of amides is 1. The van der Waals surface area contributed by atoms with E-state index in [4.69, 9.17) is 9.47 Å². The molecule has 0 spiro atoms. The van der Waals surface area contributed by atoms with Crippen LogP contribution in [0.15, 0.2) is 83.2 Å². The van der Waals surface area contributed by atoms with Gasteiger partial charge >= 0.3 is 0 Å². The zero-order chi connectivity index (χ0) is 25.9. The molecule has 0 unspecified atom stereocenters. The van der Waals surface area contributed by atoms with Crippen molar-refractivity contribution in [1.82, 2.24) is 4.57 Å². The van der Waals surface area contributed by atoms with E-state index in [-0.39, 0.29) is 16.1 Å². The normalized spacial score (nSPS) is 11.9. The number of ether oxygens (including phenoxy) is 2. The van der Waals surface area contributed by atoms with Gasteiger partial charge in [0.15, 0.2) is 16.3 Å². The molecule has 0 radical (unpaired) electrons. The number of nitrogens with one attached hydrogen (secondary N) is 1. The molecule has 0 saturated heterocycles. The summed E-state index contributed by atoms with van der Waals surface area (Å²) in [4.78, 5) is 17.6. The second kappa shape index (κ2) is 10.3. The second-order valence-electron chi connectivity index (χ2n) is 7.51. The molecule has 0 aliphatic carbocycles. The summed E-state index contributed by atoms with van der Waals surface area (Å²) in [5.41, 5.74) is 1.34. The minimum atomic E-state index is -3.91. The zero-order valence-corrected chi connectivity index (χ0v) is 21.0. The molecule has 0 aliphatic rings. The van der Waals surface area contributed by atoms with Crippen LogP contribution in [0, 0.1) is 5.82 Å². The van der Waals surface area contributed by atoms with Gasteiger partial charge in [0.2, 0.25) is 0 Å². The maximum absolute atomic E-state index is 13.1. The van der Waals surface area contributed by atoms with Crippen molar-refractivity contribution < 1.29 is 27.1 Å². The number of hydrogen-bond donors (Lipinski definition) is 1. The molecule has 0 saturated carbocycles. The molecule has 1 heterocycles. The maximum Gasteiger partial charge on any atom is 0.279 e. The Balaban J connectivity index is 1.63. The van der Waals surface area contributed by atoms with Crippen LogP contribution in [0.5, 0.6) is 11.5 Å². The van der Waals surface area contributed by atoms with Crippen LogP contribution in [0.3, 0.4) is 0 Å². The first-order valence-corrected chi connectivity index (χ1v) is 12.9. The standard InChI is InChI=1S/C25H22FN3O5S2/c1-4-13-29-20-14-21(33-2)22(34-3)15-23(20)35-25(29)27-24(30)16-5-9-18(10-6-16)28-36(31,32)19-11-7-17(26)8-12-19/h4-12,14-15,28H,1,13H2,2-3H3. The fraction of sp³-hybridized carbons (Fsp3) is 0.120. The first-order chi connectivity index (χ1) is 17.2. The van der Waals surface area contributed by atoms with Gasteiger partial charge in [0, 0.05) is 29.9 Å². The van der Waals surface area contributed by atoms with Crippen LogP contribution in [0.1, 0.15) is 10.4 Å². The number of methoxy groups -OCH3 is 2. The van der Waals surface area contributed by atoms with Crippen molar-refractivity contribution in [2.45, 2.75) is 11.4 Å². The second-order valence-corrected chi connectivity index (χ2v) is 10.2. The van der Waals surface area contributed by atoms with Gasteiger partial charge < -0.3 is 14.0 Å². The highest BCUT2D eigenvalue weighted by molar-refractivity contribution is 7.92. The predicted molar refractivity (Wildman–Crippen MR) is 137 cm³/mol. The molecule has 11 heteroatoms. The molecule has 1 N–H and O–H groups in total. The van der Waals surface area contributed by atoms with Gasteiger partial charge in [-0.2, -0.15) is 4.99 Å². The molecule has 36 heavy (non-hydrogen) atoms. The topological polar surface area (TPSA) is 99.0 Å². The third kappa shape index (κ3) is 5.16. The summed E-state index contributed by atoms with van der Waals surface area (Å²) < 4.78 is 54.0. The molecule has 0 fully saturated rings. The monoisotopic (exact) mass is 527 g/mol. The summed E-state index contributed by atoms with van der Waals surface area (Å²) in [6.45, 7) is 4.21. The highest BCUT2D eigenvalue weighted by atomic mass is 32.2. The van der Waals surface area contributed by atoms with Gasteiger partial charge in [-0.05, 0) is 48.5 Å². The molecule has 4 rings (SSSR count). The van der Waals surface area contributed by atoms with Crippen molar-refractivity contribution in [3.8, 4) is 11.5 Å². The smallest absolute Gasteiger partial charge is 0.279 e. The van der Waals surface area contributed by atoms with Crippen LogP contribution in [-0.4, -0.2) is 33.1 Å². The lowest BCUT2D eigenvalue weighted by Gasteiger charge is -2.08. The Morgan fingerprint density at radius 1 is 1.08 bits per heavy atom. The molecule has 1 amide bonds. The third-order valence-electron chi connectivity index (χ3n) is 5.20. The van der Waals surface area contributed by atoms with Gasteiger partial charge in [-0.15, -0.1) is 6.58 Å². The molecule has 0 aliphatic heterocycles. The number of rotatable bonds is 8. The van der Waals surface area contributed by atoms with Gasteiger partial charge in [0.25, 0.3) is 15.9 Å². The molecular formula is C25H22FN3O5S2. The Kier molecular flexibility index (Phi) is 7.22. The van der Waals surface area contributed by atoms with Crippen LogP contribution in [-0.2, 0) is 16.6 Å². The number of anilines is 1. The Labute approximate surface area is 211 Å². The molecule has 186 valence electrons. The number of carbonyl (C=O) groups excluding carboxylic acids is 1. The number of sulfonamides is 1. The number of aromatic nitrogens is 1. The van der Waals surface area contributed by atoms with Crippen LogP contribution in [0.2, 0.25) is 0 Å². The molecule has 0 atom stereocenters. The first kappa shape index (κ1) is 25.1. The van der Waals surface area contributed by atoms with Crippen LogP contribution >= 0.6 is 11.3 Å². The Morgan fingerprint density at radius 2 is 1.72 bits per heavy atom. The average molecular weight is 528 g/mol. The number of fused-ring (bicyclic) bond motifs is 1. The van der Waals surface area contributed by atoms with E-state index in [9.17, 15) is 17.6 Å². The van der Waals surface area contributed by atoms with E-state index in [1.165, 1.54) is 47.7 Å². The summed E-state index contributed by atoms with van der Waals surface area (Å²) in [7, 11) is -0.810. The van der Waals surface area contributed by atoms with Crippen molar-refractivity contribution in [1.29, 1.82) is 0 Å². The Hall–Kier alpha value is -3.96. The van der Waals surface area contributed by atoms with Crippen molar-refractivity contribution in [2.24, 2.45) is 4.99 Å². The van der Waals surface area contributed by atoms with Crippen molar-refractivity contribution in [2.75, 3.05) is 18.9 Å². The number of thiazole rings is 1. The first-order valence-electron chi connectivity index (χ1n) is 10.6. The fourth-order valence-electron chi connectivity index (χ4n) is 3.45. The number of hydrogen-bond acceptors (Lipinski definition) is 6. The lowest BCUT2D eigenvalue weighted by molar-refractivity contribution is 0.0998. The van der Waals surface area contributed by atoms with E-state index in [1.807, 2.05) is 16.7 Å². The number of carbonyl (C=O) groups is 1. The van der Waals surface area contributed by atoms with Crippen LogP contribution in [0.4, 0.5) is 10.1 Å². The summed E-state index contributed by atoms with van der Waals surface area (Å²) in [6.07, 6.45) is 1.70. The van der Waals surface area contributed by atoms with Crippen LogP contribution in [0.25, 0.3) is 10.2 Å². The van der Waals surface area contributed by atoms with Gasteiger partial charge in [0.05, 0.1) is 29.3 Å². The van der Waals surface area contributed by atoms with Gasteiger partial charge in [-0.1, -0.05) is 17.4 Å². The quantitative estimate of drug-likeness (QED) is 0.338. The SMILES string of the molecule is C=CCn1c(=NC(=O)c2ccc(NS(=O)(=O)c3ccc(F)cc3)cc2)sc2cc(OC)c(OC)cc21. The molecule has 8 nitrogen and oxygen atoms in total. The molecule has 0 bridgehead atoms. The highest BCUT2D eigenvalue weighted by Crippen LogP contribution is 2.33. The summed E-state index contributed by atoms with van der Waals surface area (Å²) in [6, 6.07) is 14.0. The number of halogens is 1. The summed E-state index contributed by atoms with van der Waals surface area (Å²) >= 11 is 1.32. The summed E-state index contributed by atoms with van der Waals surface area (Å²) in [5.74, 6) is 0.0869. The van der Waals surface area contributed by atoms with E-state index in [2.05, 4.69) is 16.3 Å². The summed E-state index contributed by atoms with van der Waals surface area (Å²) in [5, 5.41) is 0. The van der Waals surface area contributed by atoms with E-state index in [0.717, 1.165) is 22.3 Å². The fourth-order valence-corrected chi connectivity index (χ4v) is 5.55. The molecule has 3 aromatic carbocycles. The van der Waals surface area contributed by atoms with E-state index in [0.29, 0.717) is 22.8 Å². The van der Waals surface area contributed by atoms with E-state index >= 15 is 0 Å². The highest BCUT2D eigenvalue weighted by Gasteiger charge is 2.16. The van der Waals surface area contributed by atoms with Gasteiger partial charge in [-0.3, -0.25) is 9.52 Å². The van der Waals surface area contributed by atoms with Gasteiger partial charge in [0.1, 0.15) is 5.82 Å². The van der Waals surface area contributed by atoms with Gasteiger partial charge in [-0.25, -0.2) is 12.8 Å². The van der Waals surface area contributed by atoms with Crippen molar-refractivity contribution >= 4 is 43.2 Å². The lowest BCUT2D eigenvalue weighted by Crippen LogP contribution is -2.16. The van der Waals surface area contributed by atoms with Crippen molar-refractivity contribution in [3.05, 3.63) is 89.5 Å². The zero-order valence-electron chi connectivity index (χ0n) is 19.4. The lowest BCUT2D eigenvalue weighted by atomic mass is 10.2. The minimum Gasteiger partial charge on any atom is -0.493 e. The Bertz CT molecular complexity index is 1610. The average Bonchev–Trinajstić information content (AvgIpc) is 3.19. The molecule has 1 aromatic heterocycles. The number of benzene rings is 3. The Morgan fingerprint density at radius 3 is 2.33 bits per heavy atom. The minimum absolute atomic E-state index is 0.0798. The van der Waals surface area contributed by atoms with Crippen molar-refractivity contribution in [3.63, 3.8) is 0 Å². The van der Waals surface area contributed by atoms with Crippen LogP contribution < -0.4 is 19.0 Å². The molecule has 4 aromatic rings. The third-order valence-corrected chi connectivity index (χ3v) is 7.64. The van der Waals surface area contributed by atoms with E-state index in [1.54, 1.807) is 20.3 Å². The predicted octanol–water partition coefficient (Wildman–Crippen LogP) is 4.59. The largest absolute Gasteiger partial charge is 0.493 e.